The van der Waals surface area contributed by atoms with Crippen molar-refractivity contribution in [2.45, 2.75) is 57.5 Å². The van der Waals surface area contributed by atoms with Crippen LogP contribution in [0.2, 0.25) is 0 Å². The van der Waals surface area contributed by atoms with E-state index in [2.05, 4.69) is 5.32 Å². The number of nitrogens with one attached hydrogen (secondary N) is 1. The molecule has 0 radical (unpaired) electrons. The monoisotopic (exact) mass is 295 g/mol. The molecule has 112 valence electrons. The third-order valence-corrected chi connectivity index (χ3v) is 5.30. The molecule has 0 spiro atoms. The molecule has 1 fully saturated rings. The largest absolute Gasteiger partial charge is 0.383 e. The smallest absolute Gasteiger partial charge is 0.220 e. The summed E-state index contributed by atoms with van der Waals surface area (Å²) < 4.78 is 0. The van der Waals surface area contributed by atoms with Gasteiger partial charge in [0.25, 0.3) is 0 Å². The SMILES string of the molecule is CC(O)(CNC(=O)CCCC1CCCC1)c1cccs1. The number of hydrogen-bond acceptors (Lipinski definition) is 3. The van der Waals surface area contributed by atoms with E-state index in [1.807, 2.05) is 17.5 Å². The highest BCUT2D eigenvalue weighted by Gasteiger charge is 2.24. The van der Waals surface area contributed by atoms with E-state index in [4.69, 9.17) is 0 Å². The molecule has 0 saturated heterocycles. The lowest BCUT2D eigenvalue weighted by Crippen LogP contribution is -2.38. The Morgan fingerprint density at radius 2 is 2.25 bits per heavy atom. The fraction of sp³-hybridized carbons (Fsp3) is 0.688. The van der Waals surface area contributed by atoms with Crippen molar-refractivity contribution in [3.05, 3.63) is 22.4 Å². The Balaban J connectivity index is 1.64. The molecule has 1 aliphatic rings. The third-order valence-electron chi connectivity index (χ3n) is 4.17. The molecule has 1 aromatic rings. The zero-order valence-electron chi connectivity index (χ0n) is 12.2. The minimum atomic E-state index is -0.963. The van der Waals surface area contributed by atoms with Crippen LogP contribution in [0.25, 0.3) is 0 Å². The van der Waals surface area contributed by atoms with Crippen LogP contribution in [0.5, 0.6) is 0 Å². The summed E-state index contributed by atoms with van der Waals surface area (Å²) in [6.07, 6.45) is 8.13. The molecule has 1 saturated carbocycles. The van der Waals surface area contributed by atoms with Crippen LogP contribution in [0.4, 0.5) is 0 Å². The fourth-order valence-corrected chi connectivity index (χ4v) is 3.67. The van der Waals surface area contributed by atoms with Gasteiger partial charge >= 0.3 is 0 Å². The van der Waals surface area contributed by atoms with Gasteiger partial charge in [-0.2, -0.15) is 0 Å². The molecule has 1 aromatic heterocycles. The van der Waals surface area contributed by atoms with Gasteiger partial charge < -0.3 is 10.4 Å². The number of carbonyl (C=O) groups is 1. The highest BCUT2D eigenvalue weighted by molar-refractivity contribution is 7.10. The highest BCUT2D eigenvalue weighted by Crippen LogP contribution is 2.29. The van der Waals surface area contributed by atoms with E-state index in [-0.39, 0.29) is 12.5 Å². The van der Waals surface area contributed by atoms with E-state index < -0.39 is 5.60 Å². The van der Waals surface area contributed by atoms with Gasteiger partial charge in [0.1, 0.15) is 5.60 Å². The molecule has 4 heteroatoms. The number of thiophene rings is 1. The lowest BCUT2D eigenvalue weighted by molar-refractivity contribution is -0.122. The van der Waals surface area contributed by atoms with Gasteiger partial charge in [-0.3, -0.25) is 4.79 Å². The van der Waals surface area contributed by atoms with Gasteiger partial charge in [-0.25, -0.2) is 0 Å². The summed E-state index contributed by atoms with van der Waals surface area (Å²) in [6, 6.07) is 3.81. The van der Waals surface area contributed by atoms with Crippen LogP contribution in [0, 0.1) is 5.92 Å². The maximum absolute atomic E-state index is 11.8. The number of amides is 1. The van der Waals surface area contributed by atoms with Crippen molar-refractivity contribution in [3.8, 4) is 0 Å². The predicted octanol–water partition coefficient (Wildman–Crippen LogP) is 3.43. The van der Waals surface area contributed by atoms with E-state index >= 15 is 0 Å². The third kappa shape index (κ3) is 4.60. The van der Waals surface area contributed by atoms with Gasteiger partial charge in [0.2, 0.25) is 5.91 Å². The number of hydrogen-bond donors (Lipinski definition) is 2. The summed E-state index contributed by atoms with van der Waals surface area (Å²) in [6.45, 7) is 2.04. The molecular formula is C16H25NO2S. The molecule has 1 heterocycles. The maximum atomic E-state index is 11.8. The van der Waals surface area contributed by atoms with E-state index in [0.717, 1.165) is 17.2 Å². The summed E-state index contributed by atoms with van der Waals surface area (Å²) in [4.78, 5) is 12.7. The van der Waals surface area contributed by atoms with Gasteiger partial charge in [-0.05, 0) is 37.1 Å². The van der Waals surface area contributed by atoms with Crippen LogP contribution in [0.1, 0.15) is 56.7 Å². The summed E-state index contributed by atoms with van der Waals surface area (Å²) in [5.74, 6) is 0.900. The summed E-state index contributed by atoms with van der Waals surface area (Å²) >= 11 is 1.51. The second-order valence-corrected chi connectivity index (χ2v) is 7.02. The zero-order chi connectivity index (χ0) is 14.4. The molecule has 0 bridgehead atoms. The molecule has 2 N–H and O–H groups in total. The average molecular weight is 295 g/mol. The standard InChI is InChI=1S/C16H25NO2S/c1-16(19,14-9-5-11-20-14)12-17-15(18)10-4-8-13-6-2-3-7-13/h5,9,11,13,19H,2-4,6-8,10,12H2,1H3,(H,17,18). The summed E-state index contributed by atoms with van der Waals surface area (Å²) in [5.41, 5.74) is -0.963. The van der Waals surface area contributed by atoms with Crippen LogP contribution in [-0.4, -0.2) is 17.6 Å². The van der Waals surface area contributed by atoms with Crippen molar-refractivity contribution in [1.82, 2.24) is 5.32 Å². The molecule has 2 rings (SSSR count). The molecule has 0 aliphatic heterocycles. The van der Waals surface area contributed by atoms with Crippen LogP contribution < -0.4 is 5.32 Å². The van der Waals surface area contributed by atoms with E-state index in [9.17, 15) is 9.90 Å². The predicted molar refractivity (Wildman–Crippen MR) is 82.7 cm³/mol. The zero-order valence-corrected chi connectivity index (χ0v) is 13.0. The van der Waals surface area contributed by atoms with Gasteiger partial charge in [0.05, 0.1) is 6.54 Å². The van der Waals surface area contributed by atoms with Crippen molar-refractivity contribution in [1.29, 1.82) is 0 Å². The fourth-order valence-electron chi connectivity index (χ4n) is 2.88. The van der Waals surface area contributed by atoms with Crippen molar-refractivity contribution in [2.24, 2.45) is 5.92 Å². The average Bonchev–Trinajstić information content (AvgIpc) is 3.09. The number of rotatable bonds is 7. The molecular weight excluding hydrogens is 270 g/mol. The Labute approximate surface area is 125 Å². The topological polar surface area (TPSA) is 49.3 Å². The quantitative estimate of drug-likeness (QED) is 0.809. The first-order chi connectivity index (χ1) is 9.58. The Hall–Kier alpha value is -0.870. The molecule has 1 atom stereocenters. The Bertz CT molecular complexity index is 408. The summed E-state index contributed by atoms with van der Waals surface area (Å²) in [7, 11) is 0. The lowest BCUT2D eigenvalue weighted by atomic mass is 10.0. The van der Waals surface area contributed by atoms with Crippen molar-refractivity contribution in [2.75, 3.05) is 6.54 Å². The van der Waals surface area contributed by atoms with Crippen LogP contribution in [0.3, 0.4) is 0 Å². The highest BCUT2D eigenvalue weighted by atomic mass is 32.1. The number of aliphatic hydroxyl groups is 1. The van der Waals surface area contributed by atoms with E-state index in [1.165, 1.54) is 43.4 Å². The second-order valence-electron chi connectivity index (χ2n) is 6.07. The van der Waals surface area contributed by atoms with Crippen LogP contribution >= 0.6 is 11.3 Å². The molecule has 0 aromatic carbocycles. The normalized spacial score (nSPS) is 18.9. The Morgan fingerprint density at radius 3 is 2.90 bits per heavy atom. The molecule has 1 aliphatic carbocycles. The second kappa shape index (κ2) is 7.23. The number of carbonyl (C=O) groups excluding carboxylic acids is 1. The van der Waals surface area contributed by atoms with E-state index in [0.29, 0.717) is 6.42 Å². The lowest BCUT2D eigenvalue weighted by Gasteiger charge is -2.22. The molecule has 1 unspecified atom stereocenters. The van der Waals surface area contributed by atoms with E-state index in [1.54, 1.807) is 6.92 Å². The Kier molecular flexibility index (Phi) is 5.61. The van der Waals surface area contributed by atoms with Gasteiger partial charge in [-0.1, -0.05) is 31.7 Å². The van der Waals surface area contributed by atoms with Crippen molar-refractivity contribution >= 4 is 17.2 Å². The minimum Gasteiger partial charge on any atom is -0.383 e. The van der Waals surface area contributed by atoms with Gasteiger partial charge in [0, 0.05) is 11.3 Å². The first-order valence-corrected chi connectivity index (χ1v) is 8.49. The van der Waals surface area contributed by atoms with Crippen LogP contribution in [-0.2, 0) is 10.4 Å². The Morgan fingerprint density at radius 1 is 1.50 bits per heavy atom. The molecule has 3 nitrogen and oxygen atoms in total. The van der Waals surface area contributed by atoms with Crippen molar-refractivity contribution in [3.63, 3.8) is 0 Å². The minimum absolute atomic E-state index is 0.0554. The maximum Gasteiger partial charge on any atom is 0.220 e. The molecule has 20 heavy (non-hydrogen) atoms. The molecule has 1 amide bonds. The van der Waals surface area contributed by atoms with Crippen LogP contribution in [0.15, 0.2) is 17.5 Å². The summed E-state index contributed by atoms with van der Waals surface area (Å²) in [5, 5.41) is 15.1. The van der Waals surface area contributed by atoms with Gasteiger partial charge in [-0.15, -0.1) is 11.3 Å². The van der Waals surface area contributed by atoms with Crippen molar-refractivity contribution < 1.29 is 9.90 Å². The first-order valence-electron chi connectivity index (χ1n) is 7.61. The van der Waals surface area contributed by atoms with Gasteiger partial charge in [0.15, 0.2) is 0 Å². The first kappa shape index (κ1) is 15.5.